The van der Waals surface area contributed by atoms with Gasteiger partial charge in [0, 0.05) is 11.1 Å². The average molecular weight is 573 g/mol. The predicted octanol–water partition coefficient (Wildman–Crippen LogP) is 12.7. The molecule has 3 aromatic carbocycles. The van der Waals surface area contributed by atoms with E-state index in [4.69, 9.17) is 0 Å². The van der Waals surface area contributed by atoms with E-state index in [1.165, 1.54) is 63.4 Å². The maximum absolute atomic E-state index is 15.3. The summed E-state index contributed by atoms with van der Waals surface area (Å²) >= 11 is 0. The number of rotatable bonds is 15. The molecular formula is C39H47F3. The van der Waals surface area contributed by atoms with Crippen LogP contribution in [-0.4, -0.2) is 0 Å². The average Bonchev–Trinajstić information content (AvgIpc) is 3.01. The Morgan fingerprint density at radius 3 is 2.02 bits per heavy atom. The largest absolute Gasteiger partial charge is 0.206 e. The summed E-state index contributed by atoms with van der Waals surface area (Å²) in [4.78, 5) is 0. The lowest BCUT2D eigenvalue weighted by Crippen LogP contribution is -2.05. The van der Waals surface area contributed by atoms with Crippen molar-refractivity contribution in [2.45, 2.75) is 104 Å². The van der Waals surface area contributed by atoms with Crippen LogP contribution in [0.15, 0.2) is 72.8 Å². The van der Waals surface area contributed by atoms with Crippen molar-refractivity contribution < 1.29 is 13.2 Å². The van der Waals surface area contributed by atoms with Crippen LogP contribution >= 0.6 is 0 Å². The smallest absolute Gasteiger partial charge is 0.166 e. The highest BCUT2D eigenvalue weighted by Crippen LogP contribution is 2.35. The molecule has 3 heteroatoms. The summed E-state index contributed by atoms with van der Waals surface area (Å²) in [5.74, 6) is -1.15. The summed E-state index contributed by atoms with van der Waals surface area (Å²) in [5, 5.41) is 0. The van der Waals surface area contributed by atoms with Crippen molar-refractivity contribution >= 4 is 5.57 Å². The van der Waals surface area contributed by atoms with E-state index < -0.39 is 11.6 Å². The van der Waals surface area contributed by atoms with E-state index in [9.17, 15) is 8.78 Å². The predicted molar refractivity (Wildman–Crippen MR) is 173 cm³/mol. The van der Waals surface area contributed by atoms with Gasteiger partial charge < -0.3 is 0 Å². The number of hydrogen-bond donors (Lipinski definition) is 0. The number of hydrogen-bond acceptors (Lipinski definition) is 0. The third-order valence-electron chi connectivity index (χ3n) is 8.70. The van der Waals surface area contributed by atoms with Crippen LogP contribution in [0.1, 0.15) is 108 Å². The molecule has 3 aromatic rings. The first-order valence-corrected chi connectivity index (χ1v) is 16.2. The van der Waals surface area contributed by atoms with Crippen molar-refractivity contribution in [3.05, 3.63) is 101 Å². The van der Waals surface area contributed by atoms with Crippen LogP contribution < -0.4 is 0 Å². The molecule has 0 bridgehead atoms. The molecule has 0 radical (unpaired) electrons. The van der Waals surface area contributed by atoms with Gasteiger partial charge in [-0.3, -0.25) is 0 Å². The van der Waals surface area contributed by atoms with Gasteiger partial charge in [-0.1, -0.05) is 138 Å². The van der Waals surface area contributed by atoms with E-state index in [1.54, 1.807) is 42.5 Å². The molecule has 1 aliphatic rings. The lowest BCUT2D eigenvalue weighted by atomic mass is 9.83. The second-order valence-corrected chi connectivity index (χ2v) is 11.9. The van der Waals surface area contributed by atoms with Crippen molar-refractivity contribution in [3.63, 3.8) is 0 Å². The molecule has 4 rings (SSSR count). The van der Waals surface area contributed by atoms with Gasteiger partial charge in [-0.15, -0.1) is 0 Å². The molecule has 0 heterocycles. The van der Waals surface area contributed by atoms with Crippen molar-refractivity contribution in [2.24, 2.45) is 5.92 Å². The first-order chi connectivity index (χ1) is 20.5. The number of unbranched alkanes of at least 4 members (excludes halogenated alkanes) is 7. The monoisotopic (exact) mass is 572 g/mol. The first kappa shape index (κ1) is 31.9. The van der Waals surface area contributed by atoms with Gasteiger partial charge >= 0.3 is 0 Å². The third kappa shape index (κ3) is 8.72. The van der Waals surface area contributed by atoms with Crippen molar-refractivity contribution in [2.75, 3.05) is 0 Å². The van der Waals surface area contributed by atoms with Crippen molar-refractivity contribution in [1.82, 2.24) is 0 Å². The van der Waals surface area contributed by atoms with E-state index in [0.29, 0.717) is 28.7 Å². The summed E-state index contributed by atoms with van der Waals surface area (Å²) in [6.07, 6.45) is 22.5. The van der Waals surface area contributed by atoms with E-state index >= 15 is 4.39 Å². The Morgan fingerprint density at radius 2 is 1.36 bits per heavy atom. The fraction of sp³-hybridized carbons (Fsp3) is 0.436. The fourth-order valence-corrected chi connectivity index (χ4v) is 6.05. The maximum atomic E-state index is 15.3. The highest BCUT2D eigenvalue weighted by atomic mass is 19.2. The Morgan fingerprint density at radius 1 is 0.690 bits per heavy atom. The van der Waals surface area contributed by atoms with Gasteiger partial charge in [0.15, 0.2) is 11.6 Å². The van der Waals surface area contributed by atoms with Gasteiger partial charge in [-0.25, -0.2) is 13.2 Å². The molecule has 0 N–H and O–H groups in total. The molecule has 42 heavy (non-hydrogen) atoms. The molecule has 1 aliphatic carbocycles. The zero-order valence-corrected chi connectivity index (χ0v) is 25.5. The Labute approximate surface area is 251 Å². The minimum absolute atomic E-state index is 0.214. The lowest BCUT2D eigenvalue weighted by Gasteiger charge is -2.22. The second-order valence-electron chi connectivity index (χ2n) is 11.9. The van der Waals surface area contributed by atoms with Gasteiger partial charge in [0.2, 0.25) is 0 Å². The van der Waals surface area contributed by atoms with E-state index in [2.05, 4.69) is 19.9 Å². The van der Waals surface area contributed by atoms with Gasteiger partial charge in [0.05, 0.1) is 0 Å². The second kappa shape index (κ2) is 16.5. The normalized spacial score (nSPS) is 15.4. The molecule has 0 aliphatic heterocycles. The van der Waals surface area contributed by atoms with E-state index in [1.807, 2.05) is 24.3 Å². The first-order valence-electron chi connectivity index (χ1n) is 16.2. The minimum atomic E-state index is -0.843. The van der Waals surface area contributed by atoms with Crippen LogP contribution in [0.5, 0.6) is 0 Å². The van der Waals surface area contributed by atoms with Crippen LogP contribution in [0.4, 0.5) is 13.2 Å². The van der Waals surface area contributed by atoms with Crippen LogP contribution in [0.25, 0.3) is 27.8 Å². The Bertz CT molecular complexity index is 1330. The van der Waals surface area contributed by atoms with Gasteiger partial charge in [0.1, 0.15) is 5.82 Å². The zero-order chi connectivity index (χ0) is 29.7. The third-order valence-corrected chi connectivity index (χ3v) is 8.70. The van der Waals surface area contributed by atoms with Crippen molar-refractivity contribution in [1.29, 1.82) is 0 Å². The molecule has 0 saturated heterocycles. The van der Waals surface area contributed by atoms with Crippen molar-refractivity contribution in [3.8, 4) is 22.3 Å². The van der Waals surface area contributed by atoms with Crippen LogP contribution in [0, 0.1) is 23.4 Å². The molecule has 0 fully saturated rings. The van der Waals surface area contributed by atoms with Crippen LogP contribution in [0.3, 0.4) is 0 Å². The standard InChI is InChI=1S/C39H47F3/c1-3-5-7-9-10-11-12-14-29-16-18-30(19-17-29)34-25-26-35(37(40)28-34)31-20-22-32(23-21-31)36-27-24-33(38(41)39(36)42)15-13-8-6-4-2/h8,13,18,20-29H,3-7,9-12,14-17,19H2,1-2H3/b13-8-. The molecular weight excluding hydrogens is 525 g/mol. The summed E-state index contributed by atoms with van der Waals surface area (Å²) < 4.78 is 44.9. The van der Waals surface area contributed by atoms with Gasteiger partial charge in [0.25, 0.3) is 0 Å². The number of halogens is 3. The summed E-state index contributed by atoms with van der Waals surface area (Å²) in [6, 6.07) is 15.8. The molecule has 1 unspecified atom stereocenters. The van der Waals surface area contributed by atoms with E-state index in [-0.39, 0.29) is 11.4 Å². The summed E-state index contributed by atoms with van der Waals surface area (Å²) in [5.41, 5.74) is 4.56. The topological polar surface area (TPSA) is 0 Å². The minimum Gasteiger partial charge on any atom is -0.206 e. The molecule has 0 saturated carbocycles. The molecule has 0 aromatic heterocycles. The fourth-order valence-electron chi connectivity index (χ4n) is 6.05. The van der Waals surface area contributed by atoms with Gasteiger partial charge in [-0.05, 0) is 71.9 Å². The Hall–Kier alpha value is -3.07. The summed E-state index contributed by atoms with van der Waals surface area (Å²) in [6.45, 7) is 4.34. The highest BCUT2D eigenvalue weighted by Gasteiger charge is 2.18. The molecule has 1 atom stereocenters. The highest BCUT2D eigenvalue weighted by molar-refractivity contribution is 5.74. The maximum Gasteiger partial charge on any atom is 0.166 e. The number of benzene rings is 3. The van der Waals surface area contributed by atoms with E-state index in [0.717, 1.165) is 37.2 Å². The van der Waals surface area contributed by atoms with Crippen LogP contribution in [0.2, 0.25) is 0 Å². The quantitative estimate of drug-likeness (QED) is 0.125. The Kier molecular flexibility index (Phi) is 12.5. The molecule has 0 spiro atoms. The number of allylic oxidation sites excluding steroid dienone is 4. The molecule has 0 amide bonds. The zero-order valence-electron chi connectivity index (χ0n) is 25.5. The SMILES string of the molecule is CCC/C=C\Cc1ccc(-c2ccc(-c3ccc(C4=CCC(CCCCCCCCC)CC4)cc3F)cc2)c(F)c1F. The molecule has 0 nitrogen and oxygen atoms in total. The van der Waals surface area contributed by atoms with Crippen LogP contribution in [-0.2, 0) is 6.42 Å². The summed E-state index contributed by atoms with van der Waals surface area (Å²) in [7, 11) is 0. The lowest BCUT2D eigenvalue weighted by molar-refractivity contribution is 0.422. The molecule has 224 valence electrons. The van der Waals surface area contributed by atoms with Gasteiger partial charge in [-0.2, -0.15) is 0 Å². The Balaban J connectivity index is 1.35.